The van der Waals surface area contributed by atoms with Gasteiger partial charge in [-0.2, -0.15) is 0 Å². The Balaban J connectivity index is 1.91. The molecule has 3 heteroatoms. The van der Waals surface area contributed by atoms with Gasteiger partial charge in [0.05, 0.1) is 6.61 Å². The molecule has 3 N–H and O–H groups in total. The van der Waals surface area contributed by atoms with E-state index in [0.717, 1.165) is 17.8 Å². The van der Waals surface area contributed by atoms with Crippen LogP contribution < -0.4 is 11.2 Å². The summed E-state index contributed by atoms with van der Waals surface area (Å²) in [5.74, 6) is 5.02. The van der Waals surface area contributed by atoms with Crippen molar-refractivity contribution in [3.05, 3.63) is 65.7 Å². The van der Waals surface area contributed by atoms with Crippen LogP contribution in [0.4, 0.5) is 5.69 Å². The van der Waals surface area contributed by atoms with E-state index in [9.17, 15) is 0 Å². The summed E-state index contributed by atoms with van der Waals surface area (Å²) < 4.78 is 0. The molecule has 0 aliphatic carbocycles. The van der Waals surface area contributed by atoms with Crippen LogP contribution >= 0.6 is 0 Å². The molecule has 0 spiro atoms. The van der Waals surface area contributed by atoms with Gasteiger partial charge in [-0.15, -0.1) is 0 Å². The van der Waals surface area contributed by atoms with Crippen molar-refractivity contribution >= 4 is 5.69 Å². The zero-order valence-corrected chi connectivity index (χ0v) is 9.60. The first-order valence-electron chi connectivity index (χ1n) is 5.57. The third-order valence-electron chi connectivity index (χ3n) is 2.54. The van der Waals surface area contributed by atoms with Crippen molar-refractivity contribution in [1.82, 2.24) is 0 Å². The number of hydrogen-bond donors (Lipinski definition) is 2. The van der Waals surface area contributed by atoms with Crippen molar-refractivity contribution in [2.24, 2.45) is 5.90 Å². The van der Waals surface area contributed by atoms with Crippen molar-refractivity contribution < 1.29 is 4.84 Å². The third kappa shape index (κ3) is 3.59. The van der Waals surface area contributed by atoms with Gasteiger partial charge in [0.2, 0.25) is 0 Å². The fourth-order valence-electron chi connectivity index (χ4n) is 1.61. The number of anilines is 1. The lowest BCUT2D eigenvalue weighted by Crippen LogP contribution is -2.01. The molecule has 0 atom stereocenters. The van der Waals surface area contributed by atoms with E-state index in [1.54, 1.807) is 0 Å². The molecule has 0 amide bonds. The Hall–Kier alpha value is -1.84. The molecule has 0 aromatic heterocycles. The van der Waals surface area contributed by atoms with E-state index in [0.29, 0.717) is 6.61 Å². The van der Waals surface area contributed by atoms with Crippen LogP contribution in [0.5, 0.6) is 0 Å². The summed E-state index contributed by atoms with van der Waals surface area (Å²) in [6.45, 7) is 1.26. The van der Waals surface area contributed by atoms with Crippen LogP contribution in [0.2, 0.25) is 0 Å². The Morgan fingerprint density at radius 3 is 2.18 bits per heavy atom. The number of nitrogens with one attached hydrogen (secondary N) is 1. The van der Waals surface area contributed by atoms with Crippen molar-refractivity contribution in [1.29, 1.82) is 0 Å². The van der Waals surface area contributed by atoms with Gasteiger partial charge in [-0.05, 0) is 23.3 Å². The van der Waals surface area contributed by atoms with Crippen LogP contribution in [0.15, 0.2) is 54.6 Å². The highest BCUT2D eigenvalue weighted by Gasteiger charge is 1.95. The molecule has 0 heterocycles. The van der Waals surface area contributed by atoms with Crippen LogP contribution in [0, 0.1) is 0 Å². The Morgan fingerprint density at radius 2 is 1.53 bits per heavy atom. The lowest BCUT2D eigenvalue weighted by atomic mass is 10.1. The summed E-state index contributed by atoms with van der Waals surface area (Å²) in [6, 6.07) is 18.3. The molecule has 2 rings (SSSR count). The van der Waals surface area contributed by atoms with Crippen molar-refractivity contribution in [3.8, 4) is 0 Å². The van der Waals surface area contributed by atoms with Crippen LogP contribution in [0.1, 0.15) is 11.1 Å². The summed E-state index contributed by atoms with van der Waals surface area (Å²) in [5.41, 5.74) is 3.44. The van der Waals surface area contributed by atoms with Gasteiger partial charge in [-0.3, -0.25) is 4.84 Å². The largest absolute Gasteiger partial charge is 0.381 e. The van der Waals surface area contributed by atoms with Crippen LogP contribution in [-0.2, 0) is 18.0 Å². The Labute approximate surface area is 101 Å². The fourth-order valence-corrected chi connectivity index (χ4v) is 1.61. The van der Waals surface area contributed by atoms with Gasteiger partial charge in [0.15, 0.2) is 0 Å². The Kier molecular flexibility index (Phi) is 4.13. The highest BCUT2D eigenvalue weighted by atomic mass is 16.6. The number of nitrogens with two attached hydrogens (primary N) is 1. The lowest BCUT2D eigenvalue weighted by molar-refractivity contribution is 0.124. The zero-order valence-electron chi connectivity index (χ0n) is 9.60. The molecule has 2 aromatic rings. The second-order valence-electron chi connectivity index (χ2n) is 3.85. The summed E-state index contributed by atoms with van der Waals surface area (Å²) in [4.78, 5) is 4.58. The zero-order chi connectivity index (χ0) is 11.9. The second kappa shape index (κ2) is 6.03. The van der Waals surface area contributed by atoms with E-state index in [4.69, 9.17) is 5.90 Å². The molecule has 0 saturated heterocycles. The lowest BCUT2D eigenvalue weighted by Gasteiger charge is -2.07. The number of benzene rings is 2. The number of hydrogen-bond acceptors (Lipinski definition) is 3. The van der Waals surface area contributed by atoms with Gasteiger partial charge in [-0.1, -0.05) is 42.5 Å². The maximum absolute atomic E-state index is 5.02. The van der Waals surface area contributed by atoms with Crippen LogP contribution in [-0.4, -0.2) is 0 Å². The Morgan fingerprint density at radius 1 is 0.882 bits per heavy atom. The van der Waals surface area contributed by atoms with Gasteiger partial charge in [0, 0.05) is 12.2 Å². The van der Waals surface area contributed by atoms with E-state index in [2.05, 4.69) is 34.4 Å². The maximum Gasteiger partial charge on any atom is 0.0930 e. The highest BCUT2D eigenvalue weighted by Crippen LogP contribution is 2.09. The molecule has 17 heavy (non-hydrogen) atoms. The minimum absolute atomic E-state index is 0.451. The normalized spacial score (nSPS) is 10.2. The van der Waals surface area contributed by atoms with E-state index < -0.39 is 0 Å². The molecular weight excluding hydrogens is 212 g/mol. The second-order valence-corrected chi connectivity index (χ2v) is 3.85. The molecule has 88 valence electrons. The van der Waals surface area contributed by atoms with Gasteiger partial charge in [0.1, 0.15) is 0 Å². The summed E-state index contributed by atoms with van der Waals surface area (Å²) in [7, 11) is 0. The molecule has 0 radical (unpaired) electrons. The topological polar surface area (TPSA) is 47.3 Å². The first kappa shape index (κ1) is 11.6. The van der Waals surface area contributed by atoms with Gasteiger partial charge < -0.3 is 5.32 Å². The van der Waals surface area contributed by atoms with Crippen molar-refractivity contribution in [2.45, 2.75) is 13.2 Å². The van der Waals surface area contributed by atoms with Gasteiger partial charge >= 0.3 is 0 Å². The smallest absolute Gasteiger partial charge is 0.0930 e. The SMILES string of the molecule is NOCc1ccc(CNc2ccccc2)cc1. The molecule has 0 bridgehead atoms. The van der Waals surface area contributed by atoms with Gasteiger partial charge in [0.25, 0.3) is 0 Å². The van der Waals surface area contributed by atoms with Crippen LogP contribution in [0.25, 0.3) is 0 Å². The molecule has 0 aliphatic heterocycles. The molecule has 2 aromatic carbocycles. The average Bonchev–Trinajstić information content (AvgIpc) is 2.40. The minimum Gasteiger partial charge on any atom is -0.381 e. The van der Waals surface area contributed by atoms with E-state index in [1.165, 1.54) is 5.56 Å². The van der Waals surface area contributed by atoms with E-state index >= 15 is 0 Å². The van der Waals surface area contributed by atoms with Crippen LogP contribution in [0.3, 0.4) is 0 Å². The highest BCUT2D eigenvalue weighted by molar-refractivity contribution is 5.43. The minimum atomic E-state index is 0.451. The van der Waals surface area contributed by atoms with E-state index in [1.807, 2.05) is 30.3 Å². The molecule has 0 saturated carbocycles. The predicted octanol–water partition coefficient (Wildman–Crippen LogP) is 2.69. The summed E-state index contributed by atoms with van der Waals surface area (Å²) in [5, 5.41) is 3.36. The average molecular weight is 228 g/mol. The molecule has 0 unspecified atom stereocenters. The first-order chi connectivity index (χ1) is 8.38. The standard InChI is InChI=1S/C14H16N2O/c15-17-11-13-8-6-12(7-9-13)10-16-14-4-2-1-3-5-14/h1-9,16H,10-11,15H2. The Bertz CT molecular complexity index is 440. The summed E-state index contributed by atoms with van der Waals surface area (Å²) >= 11 is 0. The summed E-state index contributed by atoms with van der Waals surface area (Å²) in [6.07, 6.45) is 0. The molecule has 3 nitrogen and oxygen atoms in total. The van der Waals surface area contributed by atoms with Crippen molar-refractivity contribution in [3.63, 3.8) is 0 Å². The molecule has 0 fully saturated rings. The monoisotopic (exact) mass is 228 g/mol. The van der Waals surface area contributed by atoms with E-state index in [-0.39, 0.29) is 0 Å². The number of rotatable bonds is 5. The molecule has 0 aliphatic rings. The van der Waals surface area contributed by atoms with Crippen molar-refractivity contribution in [2.75, 3.05) is 5.32 Å². The molecular formula is C14H16N2O. The predicted molar refractivity (Wildman–Crippen MR) is 69.2 cm³/mol. The first-order valence-corrected chi connectivity index (χ1v) is 5.57. The quantitative estimate of drug-likeness (QED) is 0.773. The number of para-hydroxylation sites is 1. The van der Waals surface area contributed by atoms with Gasteiger partial charge in [-0.25, -0.2) is 5.90 Å². The third-order valence-corrected chi connectivity index (χ3v) is 2.54. The maximum atomic E-state index is 5.02. The fraction of sp³-hybridized carbons (Fsp3) is 0.143.